The lowest BCUT2D eigenvalue weighted by Gasteiger charge is -2.18. The van der Waals surface area contributed by atoms with E-state index < -0.39 is 22.0 Å². The summed E-state index contributed by atoms with van der Waals surface area (Å²) in [6.45, 7) is 0. The second kappa shape index (κ2) is 15.9. The lowest BCUT2D eigenvalue weighted by molar-refractivity contribution is -0.385. The molecule has 5 rings (SSSR count). The molecular formula is C36H26Cl2N4O5S. The maximum absolute atomic E-state index is 13.5. The number of anilines is 2. The van der Waals surface area contributed by atoms with Gasteiger partial charge in [0.25, 0.3) is 17.5 Å². The van der Waals surface area contributed by atoms with Gasteiger partial charge in [-0.3, -0.25) is 24.5 Å². The van der Waals surface area contributed by atoms with E-state index in [4.69, 9.17) is 23.2 Å². The van der Waals surface area contributed by atoms with E-state index in [1.54, 1.807) is 78.9 Å². The van der Waals surface area contributed by atoms with Gasteiger partial charge in [0.2, 0.25) is 5.91 Å². The minimum Gasteiger partial charge on any atom is -0.323 e. The Bertz CT molecular complexity index is 1990. The van der Waals surface area contributed by atoms with Crippen LogP contribution in [0.1, 0.15) is 26.7 Å². The summed E-state index contributed by atoms with van der Waals surface area (Å²) < 4.78 is 0. The van der Waals surface area contributed by atoms with Crippen LogP contribution in [0, 0.1) is 10.1 Å². The average Bonchev–Trinajstić information content (AvgIpc) is 3.10. The Hall–Kier alpha value is -5.42. The molecule has 5 aromatic carbocycles. The first-order valence-corrected chi connectivity index (χ1v) is 16.0. The molecular weight excluding hydrogens is 671 g/mol. The topological polar surface area (TPSA) is 130 Å². The predicted molar refractivity (Wildman–Crippen MR) is 190 cm³/mol. The minimum absolute atomic E-state index is 0.136. The average molecular weight is 698 g/mol. The number of nitrogens with zero attached hydrogens (tertiary/aromatic N) is 1. The van der Waals surface area contributed by atoms with E-state index in [2.05, 4.69) is 16.0 Å². The quantitative estimate of drug-likeness (QED) is 0.0548. The monoisotopic (exact) mass is 696 g/mol. The van der Waals surface area contributed by atoms with Crippen molar-refractivity contribution in [3.8, 4) is 0 Å². The van der Waals surface area contributed by atoms with E-state index in [1.165, 1.54) is 36.0 Å². The van der Waals surface area contributed by atoms with Crippen LogP contribution in [0.15, 0.2) is 138 Å². The maximum atomic E-state index is 13.5. The van der Waals surface area contributed by atoms with Crippen molar-refractivity contribution >= 4 is 75.8 Å². The van der Waals surface area contributed by atoms with Gasteiger partial charge in [0.05, 0.1) is 26.2 Å². The van der Waals surface area contributed by atoms with Gasteiger partial charge >= 0.3 is 0 Å². The number of carbonyl (C=O) groups is 3. The molecule has 1 atom stereocenters. The van der Waals surface area contributed by atoms with Crippen molar-refractivity contribution in [2.75, 3.05) is 10.6 Å². The molecule has 3 amide bonds. The third kappa shape index (κ3) is 8.68. The molecule has 0 spiro atoms. The van der Waals surface area contributed by atoms with Crippen LogP contribution in [-0.2, 0) is 9.59 Å². The summed E-state index contributed by atoms with van der Waals surface area (Å²) in [7, 11) is 0. The maximum Gasteiger partial charge on any atom is 0.276 e. The number of carbonyl (C=O) groups excluding carboxylic acids is 3. The molecule has 0 aliphatic heterocycles. The first-order chi connectivity index (χ1) is 23.2. The van der Waals surface area contributed by atoms with Gasteiger partial charge in [0, 0.05) is 22.2 Å². The van der Waals surface area contributed by atoms with Crippen molar-refractivity contribution in [3.63, 3.8) is 0 Å². The third-order valence-corrected chi connectivity index (χ3v) is 8.96. The molecule has 48 heavy (non-hydrogen) atoms. The Kier molecular flexibility index (Phi) is 11.3. The van der Waals surface area contributed by atoms with Gasteiger partial charge < -0.3 is 16.0 Å². The van der Waals surface area contributed by atoms with Crippen LogP contribution in [-0.4, -0.2) is 22.6 Å². The molecule has 1 unspecified atom stereocenters. The number of hydrogen-bond donors (Lipinski definition) is 3. The number of rotatable bonds is 11. The summed E-state index contributed by atoms with van der Waals surface area (Å²) in [5, 5.41) is 19.7. The summed E-state index contributed by atoms with van der Waals surface area (Å²) in [6.07, 6.45) is 1.26. The summed E-state index contributed by atoms with van der Waals surface area (Å²) in [6, 6.07) is 35.2. The zero-order valence-corrected chi connectivity index (χ0v) is 27.3. The zero-order chi connectivity index (χ0) is 34.0. The summed E-state index contributed by atoms with van der Waals surface area (Å²) in [4.78, 5) is 51.7. The molecule has 0 aliphatic rings. The summed E-state index contributed by atoms with van der Waals surface area (Å²) in [5.74, 6) is -1.57. The second-order valence-electron chi connectivity index (χ2n) is 10.2. The van der Waals surface area contributed by atoms with Crippen molar-refractivity contribution in [3.05, 3.63) is 170 Å². The largest absolute Gasteiger partial charge is 0.323 e. The number of nitro benzene ring substituents is 1. The highest BCUT2D eigenvalue weighted by atomic mass is 35.5. The Labute approximate surface area is 290 Å². The van der Waals surface area contributed by atoms with Gasteiger partial charge in [-0.2, -0.15) is 0 Å². The molecule has 0 radical (unpaired) electrons. The second-order valence-corrected chi connectivity index (χ2v) is 12.1. The molecule has 0 saturated heterocycles. The number of nitrogens with one attached hydrogen (secondary N) is 3. The smallest absolute Gasteiger partial charge is 0.276 e. The van der Waals surface area contributed by atoms with Crippen LogP contribution in [0.2, 0.25) is 10.0 Å². The molecule has 0 saturated carbocycles. The molecule has 0 heterocycles. The highest BCUT2D eigenvalue weighted by molar-refractivity contribution is 8.00. The van der Waals surface area contributed by atoms with Crippen LogP contribution in [0.3, 0.4) is 0 Å². The SMILES string of the molecule is O=C(Nc1ccc(SC(C(=O)Nc2cccc(Cl)c2Cl)c2ccccc2)cc1)/C(=C/c1ccccc1[N+](=O)[O-])NC(=O)c1ccccc1. The van der Waals surface area contributed by atoms with Crippen molar-refractivity contribution in [1.29, 1.82) is 0 Å². The molecule has 0 aliphatic carbocycles. The molecule has 0 bridgehead atoms. The Balaban J connectivity index is 1.36. The highest BCUT2D eigenvalue weighted by Crippen LogP contribution is 2.38. The Morgan fingerprint density at radius 1 is 0.750 bits per heavy atom. The molecule has 3 N–H and O–H groups in total. The van der Waals surface area contributed by atoms with Gasteiger partial charge in [0.1, 0.15) is 10.9 Å². The summed E-state index contributed by atoms with van der Waals surface area (Å²) in [5.41, 5.74) is 1.54. The Morgan fingerprint density at radius 2 is 1.40 bits per heavy atom. The predicted octanol–water partition coefficient (Wildman–Crippen LogP) is 8.78. The van der Waals surface area contributed by atoms with E-state index in [1.807, 2.05) is 30.3 Å². The van der Waals surface area contributed by atoms with Gasteiger partial charge in [-0.05, 0) is 66.2 Å². The van der Waals surface area contributed by atoms with E-state index in [0.717, 1.165) is 10.5 Å². The van der Waals surface area contributed by atoms with Crippen LogP contribution >= 0.6 is 35.0 Å². The lowest BCUT2D eigenvalue weighted by Crippen LogP contribution is -2.30. The number of thioether (sulfide) groups is 1. The fraction of sp³-hybridized carbons (Fsp3) is 0.0278. The zero-order valence-electron chi connectivity index (χ0n) is 24.9. The van der Waals surface area contributed by atoms with Crippen LogP contribution in [0.4, 0.5) is 17.1 Å². The first-order valence-electron chi connectivity index (χ1n) is 14.4. The van der Waals surface area contributed by atoms with E-state index in [0.29, 0.717) is 22.0 Å². The van der Waals surface area contributed by atoms with Crippen molar-refractivity contribution in [1.82, 2.24) is 5.32 Å². The molecule has 0 aromatic heterocycles. The molecule has 0 fully saturated rings. The fourth-order valence-electron chi connectivity index (χ4n) is 4.52. The molecule has 12 heteroatoms. The Morgan fingerprint density at radius 3 is 2.08 bits per heavy atom. The van der Waals surface area contributed by atoms with Crippen molar-refractivity contribution < 1.29 is 19.3 Å². The summed E-state index contributed by atoms with van der Waals surface area (Å²) >= 11 is 13.7. The number of para-hydroxylation sites is 1. The normalized spacial score (nSPS) is 11.7. The first kappa shape index (κ1) is 33.9. The van der Waals surface area contributed by atoms with Crippen molar-refractivity contribution in [2.24, 2.45) is 0 Å². The van der Waals surface area contributed by atoms with E-state index in [-0.39, 0.29) is 27.9 Å². The van der Waals surface area contributed by atoms with Gasteiger partial charge in [-0.25, -0.2) is 0 Å². The highest BCUT2D eigenvalue weighted by Gasteiger charge is 2.24. The number of amides is 3. The van der Waals surface area contributed by atoms with E-state index >= 15 is 0 Å². The van der Waals surface area contributed by atoms with Crippen LogP contribution in [0.5, 0.6) is 0 Å². The van der Waals surface area contributed by atoms with Crippen molar-refractivity contribution in [2.45, 2.75) is 10.1 Å². The van der Waals surface area contributed by atoms with Gasteiger partial charge in [-0.1, -0.05) is 89.9 Å². The fourth-order valence-corrected chi connectivity index (χ4v) is 5.90. The molecule has 240 valence electrons. The van der Waals surface area contributed by atoms with Gasteiger partial charge in [0.15, 0.2) is 0 Å². The number of halogens is 2. The number of hydrogen-bond acceptors (Lipinski definition) is 6. The minimum atomic E-state index is -0.697. The number of nitro groups is 1. The lowest BCUT2D eigenvalue weighted by atomic mass is 10.1. The third-order valence-electron chi connectivity index (χ3n) is 6.88. The molecule has 9 nitrogen and oxygen atoms in total. The standard InChI is InChI=1S/C36H26Cl2N4O5S/c37-28-15-9-16-29(32(28)38)40-36(45)33(23-10-3-1-4-11-23)48-27-20-18-26(19-21-27)39-35(44)30(41-34(43)24-12-5-2-6-13-24)22-25-14-7-8-17-31(25)42(46)47/h1-22,33H,(H,39,44)(H,40,45)(H,41,43)/b30-22-. The van der Waals surface area contributed by atoms with E-state index in [9.17, 15) is 24.5 Å². The van der Waals surface area contributed by atoms with Gasteiger partial charge in [-0.15, -0.1) is 11.8 Å². The van der Waals surface area contributed by atoms with Crippen LogP contribution in [0.25, 0.3) is 6.08 Å². The number of benzene rings is 5. The van der Waals surface area contributed by atoms with Crippen LogP contribution < -0.4 is 16.0 Å². The molecule has 5 aromatic rings.